The monoisotopic (exact) mass is 505 g/mol. The third-order valence-corrected chi connectivity index (χ3v) is 9.80. The molecule has 1 heterocycles. The summed E-state index contributed by atoms with van der Waals surface area (Å²) in [6, 6.07) is 14.3. The van der Waals surface area contributed by atoms with Gasteiger partial charge in [0.1, 0.15) is 0 Å². The minimum Gasteiger partial charge on any atom is -0.385 e. The lowest BCUT2D eigenvalue weighted by Gasteiger charge is -2.40. The molecule has 2 aromatic rings. The second-order valence-electron chi connectivity index (χ2n) is 10.1. The Morgan fingerprint density at radius 2 is 1.59 bits per heavy atom. The van der Waals surface area contributed by atoms with Crippen molar-refractivity contribution in [1.29, 1.82) is 0 Å². The minimum atomic E-state index is -2.90. The Morgan fingerprint density at radius 1 is 0.971 bits per heavy atom. The van der Waals surface area contributed by atoms with Crippen molar-refractivity contribution in [3.63, 3.8) is 0 Å². The van der Waals surface area contributed by atoms with Gasteiger partial charge in [-0.2, -0.15) is 0 Å². The van der Waals surface area contributed by atoms with Crippen LogP contribution in [0.5, 0.6) is 0 Å². The Bertz CT molecular complexity index is 1030. The van der Waals surface area contributed by atoms with Crippen LogP contribution in [0.4, 0.5) is 5.69 Å². The number of anilines is 1. The van der Waals surface area contributed by atoms with Crippen LogP contribution in [0, 0.1) is 6.92 Å². The number of halogens is 1. The minimum absolute atomic E-state index is 0.266. The molecule has 1 saturated heterocycles. The first-order valence-electron chi connectivity index (χ1n) is 12.7. The van der Waals surface area contributed by atoms with Crippen LogP contribution in [-0.2, 0) is 21.9 Å². The second-order valence-corrected chi connectivity index (χ2v) is 13.2. The first-order valence-corrected chi connectivity index (χ1v) is 14.7. The predicted molar refractivity (Wildman–Crippen MR) is 144 cm³/mol. The zero-order valence-electron chi connectivity index (χ0n) is 20.9. The zero-order valence-corrected chi connectivity index (χ0v) is 22.5. The molecule has 0 amide bonds. The number of aliphatic hydroxyl groups is 1. The van der Waals surface area contributed by atoms with Crippen LogP contribution in [0.3, 0.4) is 0 Å². The maximum Gasteiger partial charge on any atom is 0.152 e. The molecule has 0 atom stereocenters. The highest BCUT2D eigenvalue weighted by atomic mass is 35.5. The van der Waals surface area contributed by atoms with E-state index >= 15 is 0 Å². The Balaban J connectivity index is 1.42. The third-order valence-electron chi connectivity index (χ3n) is 7.26. The molecular weight excluding hydrogens is 466 g/mol. The molecule has 0 aliphatic carbocycles. The zero-order chi connectivity index (χ0) is 24.8. The van der Waals surface area contributed by atoms with Gasteiger partial charge in [0.2, 0.25) is 0 Å². The maximum atomic E-state index is 11.9. The van der Waals surface area contributed by atoms with Crippen molar-refractivity contribution in [2.24, 2.45) is 0 Å². The fourth-order valence-corrected chi connectivity index (χ4v) is 5.93. The molecule has 0 unspecified atom stereocenters. The highest BCUT2D eigenvalue weighted by molar-refractivity contribution is 7.91. The van der Waals surface area contributed by atoms with Gasteiger partial charge in [0, 0.05) is 23.8 Å². The summed E-state index contributed by atoms with van der Waals surface area (Å²) < 4.78 is 23.7. The number of unbranched alkanes of at least 4 members (excludes halogenated alkanes) is 4. The molecule has 1 fully saturated rings. The highest BCUT2D eigenvalue weighted by Gasteiger charge is 2.34. The van der Waals surface area contributed by atoms with Crippen LogP contribution in [0.25, 0.3) is 0 Å². The van der Waals surface area contributed by atoms with Gasteiger partial charge in [-0.05, 0) is 93.8 Å². The molecule has 0 saturated carbocycles. The number of nitrogens with zero attached hydrogens (tertiary/aromatic N) is 1. The average Bonchev–Trinajstić information content (AvgIpc) is 2.80. The quantitative estimate of drug-likeness (QED) is 0.356. The van der Waals surface area contributed by atoms with Crippen LogP contribution in [0.2, 0.25) is 5.02 Å². The van der Waals surface area contributed by atoms with E-state index in [0.29, 0.717) is 23.6 Å². The van der Waals surface area contributed by atoms with E-state index in [4.69, 9.17) is 11.6 Å². The fourth-order valence-electron chi connectivity index (χ4n) is 4.73. The predicted octanol–water partition coefficient (Wildman–Crippen LogP) is 6.45. The summed E-state index contributed by atoms with van der Waals surface area (Å²) >= 11 is 6.00. The van der Waals surface area contributed by atoms with E-state index < -0.39 is 15.4 Å². The van der Waals surface area contributed by atoms with Gasteiger partial charge < -0.3 is 10.0 Å². The summed E-state index contributed by atoms with van der Waals surface area (Å²) in [4.78, 5) is 2.37. The summed E-state index contributed by atoms with van der Waals surface area (Å²) in [5.74, 6) is 0.318. The molecule has 0 spiro atoms. The molecule has 1 aliphatic heterocycles. The Labute approximate surface area is 211 Å². The summed E-state index contributed by atoms with van der Waals surface area (Å²) in [5, 5.41) is 11.6. The van der Waals surface area contributed by atoms with E-state index in [1.807, 2.05) is 24.3 Å². The van der Waals surface area contributed by atoms with Gasteiger partial charge >= 0.3 is 0 Å². The van der Waals surface area contributed by atoms with Gasteiger partial charge in [-0.1, -0.05) is 49.1 Å². The van der Waals surface area contributed by atoms with Crippen LogP contribution in [0.15, 0.2) is 42.5 Å². The summed E-state index contributed by atoms with van der Waals surface area (Å²) in [5.41, 5.74) is 4.10. The van der Waals surface area contributed by atoms with E-state index in [2.05, 4.69) is 30.0 Å². The molecule has 3 rings (SSSR count). The van der Waals surface area contributed by atoms with Crippen molar-refractivity contribution < 1.29 is 13.5 Å². The van der Waals surface area contributed by atoms with Crippen molar-refractivity contribution in [2.75, 3.05) is 23.7 Å². The van der Waals surface area contributed by atoms with E-state index in [1.54, 1.807) is 13.8 Å². The molecule has 1 N–H and O–H groups in total. The number of benzene rings is 2. The van der Waals surface area contributed by atoms with Gasteiger partial charge in [0.15, 0.2) is 9.84 Å². The standard InChI is InChI=1S/C28H40ClNO3S/c1-22(2)34(32,33)20-8-6-4-5-7-9-24-10-15-27(21-23(24)3)30-18-16-28(31,17-19-30)25-11-13-26(29)14-12-25/h10-15,21-22,31H,4-9,16-20H2,1-3H3. The lowest BCUT2D eigenvalue weighted by atomic mass is 9.84. The van der Waals surface area contributed by atoms with Crippen LogP contribution < -0.4 is 4.90 Å². The average molecular weight is 506 g/mol. The molecule has 0 bridgehead atoms. The lowest BCUT2D eigenvalue weighted by Crippen LogP contribution is -2.42. The Kier molecular flexibility index (Phi) is 9.48. The smallest absolute Gasteiger partial charge is 0.152 e. The SMILES string of the molecule is Cc1cc(N2CCC(O)(c3ccc(Cl)cc3)CC2)ccc1CCCCCCCS(=O)(=O)C(C)C. The Morgan fingerprint density at radius 3 is 2.21 bits per heavy atom. The van der Waals surface area contributed by atoms with Crippen LogP contribution >= 0.6 is 11.6 Å². The number of rotatable bonds is 11. The molecule has 2 aromatic carbocycles. The molecule has 0 aromatic heterocycles. The topological polar surface area (TPSA) is 57.6 Å². The molecule has 4 nitrogen and oxygen atoms in total. The molecule has 0 radical (unpaired) electrons. The number of piperidine rings is 1. The Hall–Kier alpha value is -1.56. The van der Waals surface area contributed by atoms with Crippen molar-refractivity contribution in [3.05, 3.63) is 64.2 Å². The van der Waals surface area contributed by atoms with E-state index in [0.717, 1.165) is 57.2 Å². The van der Waals surface area contributed by atoms with E-state index in [9.17, 15) is 13.5 Å². The lowest BCUT2D eigenvalue weighted by molar-refractivity contribution is 0.0118. The molecule has 188 valence electrons. The summed E-state index contributed by atoms with van der Waals surface area (Å²) in [6.07, 6.45) is 7.59. The number of hydrogen-bond donors (Lipinski definition) is 1. The first kappa shape index (κ1) is 27.0. The van der Waals surface area contributed by atoms with Crippen molar-refractivity contribution in [2.45, 2.75) is 83.0 Å². The van der Waals surface area contributed by atoms with E-state index in [-0.39, 0.29) is 5.25 Å². The van der Waals surface area contributed by atoms with E-state index in [1.165, 1.54) is 16.8 Å². The third kappa shape index (κ3) is 7.22. The van der Waals surface area contributed by atoms with Gasteiger partial charge in [-0.25, -0.2) is 8.42 Å². The maximum absolute atomic E-state index is 11.9. The fraction of sp³-hybridized carbons (Fsp3) is 0.571. The largest absolute Gasteiger partial charge is 0.385 e. The van der Waals surface area contributed by atoms with Crippen molar-refractivity contribution >= 4 is 27.1 Å². The second kappa shape index (κ2) is 11.9. The van der Waals surface area contributed by atoms with Gasteiger partial charge in [0.05, 0.1) is 16.6 Å². The van der Waals surface area contributed by atoms with Crippen LogP contribution in [-0.4, -0.2) is 37.6 Å². The van der Waals surface area contributed by atoms with Gasteiger partial charge in [0.25, 0.3) is 0 Å². The summed E-state index contributed by atoms with van der Waals surface area (Å²) in [7, 11) is -2.90. The summed E-state index contributed by atoms with van der Waals surface area (Å²) in [6.45, 7) is 7.35. The van der Waals surface area contributed by atoms with Gasteiger partial charge in [-0.3, -0.25) is 0 Å². The van der Waals surface area contributed by atoms with Crippen molar-refractivity contribution in [1.82, 2.24) is 0 Å². The van der Waals surface area contributed by atoms with Crippen LogP contribution in [0.1, 0.15) is 75.5 Å². The molecule has 34 heavy (non-hydrogen) atoms. The number of sulfone groups is 1. The highest BCUT2D eigenvalue weighted by Crippen LogP contribution is 2.35. The number of aryl methyl sites for hydroxylation is 2. The molecule has 6 heteroatoms. The van der Waals surface area contributed by atoms with Gasteiger partial charge in [-0.15, -0.1) is 0 Å². The normalized spacial score (nSPS) is 16.2. The number of hydrogen-bond acceptors (Lipinski definition) is 4. The molecular formula is C28H40ClNO3S. The first-order chi connectivity index (χ1) is 16.1. The van der Waals surface area contributed by atoms with Crippen molar-refractivity contribution in [3.8, 4) is 0 Å². The molecule has 1 aliphatic rings.